The fraction of sp³-hybridized carbons (Fsp3) is 0.818. The molecular formula is C11H21NO. The van der Waals surface area contributed by atoms with Crippen LogP contribution in [0, 0.1) is 5.92 Å². The van der Waals surface area contributed by atoms with Gasteiger partial charge in [-0.2, -0.15) is 0 Å². The van der Waals surface area contributed by atoms with Gasteiger partial charge in [0.25, 0.3) is 0 Å². The second-order valence-corrected chi connectivity index (χ2v) is 4.31. The van der Waals surface area contributed by atoms with E-state index < -0.39 is 0 Å². The minimum atomic E-state index is -0.0220. The highest BCUT2D eigenvalue weighted by atomic mass is 16.3. The Kier molecular flexibility index (Phi) is 3.94. The van der Waals surface area contributed by atoms with Crippen LogP contribution in [0.2, 0.25) is 0 Å². The van der Waals surface area contributed by atoms with Crippen molar-refractivity contribution in [1.29, 1.82) is 0 Å². The molecule has 0 aromatic heterocycles. The molecule has 2 nitrogen and oxygen atoms in total. The molecule has 1 rings (SSSR count). The van der Waals surface area contributed by atoms with Gasteiger partial charge in [0, 0.05) is 12.1 Å². The van der Waals surface area contributed by atoms with Crippen molar-refractivity contribution in [2.24, 2.45) is 5.92 Å². The first-order valence-corrected chi connectivity index (χ1v) is 5.19. The molecule has 1 saturated carbocycles. The zero-order valence-electron chi connectivity index (χ0n) is 8.55. The van der Waals surface area contributed by atoms with Crippen LogP contribution in [0.4, 0.5) is 0 Å². The van der Waals surface area contributed by atoms with Gasteiger partial charge in [-0.25, -0.2) is 0 Å². The largest absolute Gasteiger partial charge is 0.394 e. The van der Waals surface area contributed by atoms with Crippen LogP contribution in [0.15, 0.2) is 12.7 Å². The third kappa shape index (κ3) is 2.82. The van der Waals surface area contributed by atoms with Gasteiger partial charge >= 0.3 is 0 Å². The molecule has 1 aliphatic carbocycles. The zero-order valence-corrected chi connectivity index (χ0v) is 8.55. The first-order chi connectivity index (χ1) is 6.22. The molecule has 0 aromatic rings. The molecule has 76 valence electrons. The summed E-state index contributed by atoms with van der Waals surface area (Å²) in [6.07, 6.45) is 6.58. The van der Waals surface area contributed by atoms with E-state index in [0.29, 0.717) is 0 Å². The van der Waals surface area contributed by atoms with Crippen molar-refractivity contribution in [3.63, 3.8) is 0 Å². The average molecular weight is 183 g/mol. The molecule has 0 aromatic carbocycles. The van der Waals surface area contributed by atoms with E-state index in [1.165, 1.54) is 12.8 Å². The number of nitrogens with one attached hydrogen (secondary N) is 1. The number of hydrogen-bond acceptors (Lipinski definition) is 2. The maximum Gasteiger partial charge on any atom is 0.0613 e. The lowest BCUT2D eigenvalue weighted by Crippen LogP contribution is -2.51. The molecule has 0 aliphatic heterocycles. The lowest BCUT2D eigenvalue weighted by molar-refractivity contribution is 0.103. The molecule has 2 unspecified atom stereocenters. The van der Waals surface area contributed by atoms with Crippen LogP contribution in [0.25, 0.3) is 0 Å². The summed E-state index contributed by atoms with van der Waals surface area (Å²) in [5, 5.41) is 12.8. The second kappa shape index (κ2) is 4.77. The van der Waals surface area contributed by atoms with Gasteiger partial charge in [0.1, 0.15) is 0 Å². The molecule has 0 radical (unpaired) electrons. The Morgan fingerprint density at radius 3 is 3.00 bits per heavy atom. The summed E-state index contributed by atoms with van der Waals surface area (Å²) in [5.41, 5.74) is -0.0220. The van der Waals surface area contributed by atoms with Crippen molar-refractivity contribution >= 4 is 0 Å². The molecule has 0 saturated heterocycles. The molecule has 0 amide bonds. The minimum Gasteiger partial charge on any atom is -0.394 e. The molecule has 0 bridgehead atoms. The SMILES string of the molecule is C=CCNC1(CO)CCCC(C)C1. The van der Waals surface area contributed by atoms with Crippen LogP contribution >= 0.6 is 0 Å². The Morgan fingerprint density at radius 1 is 1.69 bits per heavy atom. The highest BCUT2D eigenvalue weighted by Gasteiger charge is 2.33. The number of rotatable bonds is 4. The van der Waals surface area contributed by atoms with Crippen LogP contribution in [-0.2, 0) is 0 Å². The minimum absolute atomic E-state index is 0.0220. The van der Waals surface area contributed by atoms with Crippen molar-refractivity contribution in [2.45, 2.75) is 38.1 Å². The van der Waals surface area contributed by atoms with Crippen molar-refractivity contribution in [1.82, 2.24) is 5.32 Å². The van der Waals surface area contributed by atoms with Crippen LogP contribution in [0.3, 0.4) is 0 Å². The summed E-state index contributed by atoms with van der Waals surface area (Å²) < 4.78 is 0. The predicted molar refractivity (Wildman–Crippen MR) is 55.6 cm³/mol. The standard InChI is InChI=1S/C11H21NO/c1-3-7-12-11(9-13)6-4-5-10(2)8-11/h3,10,12-13H,1,4-9H2,2H3. The van der Waals surface area contributed by atoms with E-state index in [1.54, 1.807) is 0 Å². The second-order valence-electron chi connectivity index (χ2n) is 4.31. The quantitative estimate of drug-likeness (QED) is 0.650. The number of aliphatic hydroxyl groups excluding tert-OH is 1. The Balaban J connectivity index is 2.50. The van der Waals surface area contributed by atoms with Gasteiger partial charge in [-0.05, 0) is 18.8 Å². The van der Waals surface area contributed by atoms with Crippen molar-refractivity contribution in [3.8, 4) is 0 Å². The van der Waals surface area contributed by atoms with E-state index in [9.17, 15) is 5.11 Å². The number of hydrogen-bond donors (Lipinski definition) is 2. The molecule has 0 spiro atoms. The van der Waals surface area contributed by atoms with Gasteiger partial charge in [0.05, 0.1) is 6.61 Å². The van der Waals surface area contributed by atoms with E-state index in [1.807, 2.05) is 6.08 Å². The van der Waals surface area contributed by atoms with E-state index in [0.717, 1.165) is 25.3 Å². The van der Waals surface area contributed by atoms with E-state index >= 15 is 0 Å². The van der Waals surface area contributed by atoms with E-state index in [2.05, 4.69) is 18.8 Å². The summed E-state index contributed by atoms with van der Waals surface area (Å²) in [4.78, 5) is 0. The third-order valence-corrected chi connectivity index (χ3v) is 3.02. The number of aliphatic hydroxyl groups is 1. The monoisotopic (exact) mass is 183 g/mol. The first kappa shape index (κ1) is 10.7. The Morgan fingerprint density at radius 2 is 2.46 bits per heavy atom. The van der Waals surface area contributed by atoms with Crippen LogP contribution < -0.4 is 5.32 Å². The molecular weight excluding hydrogens is 162 g/mol. The van der Waals surface area contributed by atoms with Gasteiger partial charge < -0.3 is 10.4 Å². The van der Waals surface area contributed by atoms with Gasteiger partial charge in [-0.1, -0.05) is 25.8 Å². The molecule has 2 atom stereocenters. The molecule has 13 heavy (non-hydrogen) atoms. The fourth-order valence-corrected chi connectivity index (χ4v) is 2.31. The van der Waals surface area contributed by atoms with Crippen LogP contribution in [0.5, 0.6) is 0 Å². The smallest absolute Gasteiger partial charge is 0.0613 e. The van der Waals surface area contributed by atoms with E-state index in [4.69, 9.17) is 0 Å². The van der Waals surface area contributed by atoms with Gasteiger partial charge in [0.15, 0.2) is 0 Å². The average Bonchev–Trinajstić information content (AvgIpc) is 2.15. The Hall–Kier alpha value is -0.340. The lowest BCUT2D eigenvalue weighted by atomic mass is 9.77. The predicted octanol–water partition coefficient (Wildman–Crippen LogP) is 1.70. The summed E-state index contributed by atoms with van der Waals surface area (Å²) in [6.45, 7) is 7.00. The summed E-state index contributed by atoms with van der Waals surface area (Å²) in [7, 11) is 0. The van der Waals surface area contributed by atoms with Gasteiger partial charge in [-0.15, -0.1) is 6.58 Å². The summed E-state index contributed by atoms with van der Waals surface area (Å²) >= 11 is 0. The van der Waals surface area contributed by atoms with Crippen molar-refractivity contribution < 1.29 is 5.11 Å². The topological polar surface area (TPSA) is 32.3 Å². The van der Waals surface area contributed by atoms with Crippen LogP contribution in [-0.4, -0.2) is 23.8 Å². The molecule has 2 N–H and O–H groups in total. The third-order valence-electron chi connectivity index (χ3n) is 3.02. The van der Waals surface area contributed by atoms with Gasteiger partial charge in [-0.3, -0.25) is 0 Å². The molecule has 2 heteroatoms. The Labute approximate surface area is 81.0 Å². The Bertz CT molecular complexity index is 169. The molecule has 1 fully saturated rings. The van der Waals surface area contributed by atoms with Gasteiger partial charge in [0.2, 0.25) is 0 Å². The first-order valence-electron chi connectivity index (χ1n) is 5.19. The molecule has 1 aliphatic rings. The summed E-state index contributed by atoms with van der Waals surface area (Å²) in [6, 6.07) is 0. The normalized spacial score (nSPS) is 34.5. The highest BCUT2D eigenvalue weighted by Crippen LogP contribution is 2.31. The molecule has 0 heterocycles. The fourth-order valence-electron chi connectivity index (χ4n) is 2.31. The zero-order chi connectivity index (χ0) is 9.73. The maximum atomic E-state index is 9.39. The summed E-state index contributed by atoms with van der Waals surface area (Å²) in [5.74, 6) is 0.734. The van der Waals surface area contributed by atoms with Crippen molar-refractivity contribution in [2.75, 3.05) is 13.2 Å². The lowest BCUT2D eigenvalue weighted by Gasteiger charge is -2.39. The maximum absolute atomic E-state index is 9.39. The van der Waals surface area contributed by atoms with Crippen LogP contribution in [0.1, 0.15) is 32.6 Å². The van der Waals surface area contributed by atoms with Crippen molar-refractivity contribution in [3.05, 3.63) is 12.7 Å². The van der Waals surface area contributed by atoms with E-state index in [-0.39, 0.29) is 12.1 Å². The highest BCUT2D eigenvalue weighted by molar-refractivity contribution is 4.94.